The Hall–Kier alpha value is -2.32. The molecule has 0 radical (unpaired) electrons. The molecule has 0 heterocycles. The first-order valence-corrected chi connectivity index (χ1v) is 11.3. The molecule has 3 aromatic rings. The lowest BCUT2D eigenvalue weighted by Gasteiger charge is -2.11. The number of rotatable bonds is 5. The molecule has 1 unspecified atom stereocenters. The van der Waals surface area contributed by atoms with Crippen LogP contribution in [0.4, 0.5) is 0 Å². The van der Waals surface area contributed by atoms with Gasteiger partial charge in [-0.2, -0.15) is 0 Å². The van der Waals surface area contributed by atoms with E-state index in [4.69, 9.17) is 23.2 Å². The van der Waals surface area contributed by atoms with E-state index in [2.05, 4.69) is 0 Å². The molecule has 0 aromatic heterocycles. The average molecular weight is 458 g/mol. The highest BCUT2D eigenvalue weighted by Gasteiger charge is 2.39. The van der Waals surface area contributed by atoms with Crippen LogP contribution in [0.3, 0.4) is 0 Å². The van der Waals surface area contributed by atoms with Crippen LogP contribution in [0, 0.1) is 27.7 Å². The summed E-state index contributed by atoms with van der Waals surface area (Å²) in [5.41, 5.74) is 3.86. The number of aryl methyl sites for hydroxylation is 2. The summed E-state index contributed by atoms with van der Waals surface area (Å²) in [6.45, 7) is 7.60. The van der Waals surface area contributed by atoms with Crippen LogP contribution in [0.1, 0.15) is 48.5 Å². The minimum Gasteiger partial charge on any atom is -0.288 e. The third-order valence-corrected chi connectivity index (χ3v) is 7.36. The number of carbonyl (C=O) groups excluding carboxylic acids is 2. The molecule has 0 aliphatic carbocycles. The van der Waals surface area contributed by atoms with Crippen molar-refractivity contribution in [2.24, 2.45) is 0 Å². The average Bonchev–Trinajstić information content (AvgIpc) is 2.71. The molecule has 0 aliphatic rings. The predicted octanol–water partition coefficient (Wildman–Crippen LogP) is 6.75. The number of hydrogen-bond donors (Lipinski definition) is 0. The number of halogens is 2. The molecular formula is C24H20Cl2O3P+. The van der Waals surface area contributed by atoms with E-state index < -0.39 is 19.1 Å². The quantitative estimate of drug-likeness (QED) is 0.314. The Morgan fingerprint density at radius 3 is 2.00 bits per heavy atom. The molecule has 1 atom stereocenters. The fraction of sp³-hybridized carbons (Fsp3) is 0.167. The summed E-state index contributed by atoms with van der Waals surface area (Å²) in [5, 5.41) is 0.574. The highest BCUT2D eigenvalue weighted by Crippen LogP contribution is 2.34. The summed E-state index contributed by atoms with van der Waals surface area (Å²) < 4.78 is 13.4. The molecule has 0 saturated heterocycles. The number of benzene rings is 3. The van der Waals surface area contributed by atoms with Crippen LogP contribution in [-0.4, -0.2) is 11.3 Å². The van der Waals surface area contributed by atoms with Gasteiger partial charge in [0.2, 0.25) is 11.1 Å². The van der Waals surface area contributed by atoms with Gasteiger partial charge >= 0.3 is 13.3 Å². The van der Waals surface area contributed by atoms with E-state index in [-0.39, 0.29) is 26.5 Å². The zero-order chi connectivity index (χ0) is 22.2. The van der Waals surface area contributed by atoms with Crippen LogP contribution in [0.15, 0.2) is 48.5 Å². The summed E-state index contributed by atoms with van der Waals surface area (Å²) in [6.07, 6.45) is 0. The van der Waals surface area contributed by atoms with Gasteiger partial charge in [0.1, 0.15) is 0 Å². The van der Waals surface area contributed by atoms with E-state index in [1.54, 1.807) is 36.4 Å². The smallest absolute Gasteiger partial charge is 0.288 e. The molecular weight excluding hydrogens is 438 g/mol. The molecule has 0 N–H and O–H groups in total. The maximum absolute atomic E-state index is 13.4. The molecule has 30 heavy (non-hydrogen) atoms. The van der Waals surface area contributed by atoms with E-state index in [0.29, 0.717) is 5.56 Å². The van der Waals surface area contributed by atoms with E-state index in [1.165, 1.54) is 6.07 Å². The molecule has 152 valence electrons. The van der Waals surface area contributed by atoms with E-state index in [9.17, 15) is 14.2 Å². The molecule has 0 fully saturated rings. The summed E-state index contributed by atoms with van der Waals surface area (Å²) in [7, 11) is -2.53. The molecule has 0 saturated carbocycles. The second-order valence-electron chi connectivity index (χ2n) is 7.18. The molecule has 0 spiro atoms. The SMILES string of the molecule is Cc1cc(C)c(C(=O)[P+](=O)c2ccccc2C(=O)c2c(Cl)cccc2Cl)c(C)c1C. The molecule has 3 rings (SSSR count). The van der Waals surface area contributed by atoms with Crippen LogP contribution in [0.2, 0.25) is 10.0 Å². The van der Waals surface area contributed by atoms with Gasteiger partial charge in [-0.1, -0.05) is 52.0 Å². The van der Waals surface area contributed by atoms with Gasteiger partial charge in [0.05, 0.1) is 26.7 Å². The van der Waals surface area contributed by atoms with Crippen LogP contribution in [-0.2, 0) is 4.57 Å². The second-order valence-corrected chi connectivity index (χ2v) is 9.47. The van der Waals surface area contributed by atoms with E-state index >= 15 is 0 Å². The summed E-state index contributed by atoms with van der Waals surface area (Å²) in [4.78, 5) is 26.4. The molecule has 0 bridgehead atoms. The number of ketones is 1. The lowest BCUT2D eigenvalue weighted by molar-refractivity contribution is 0.103. The van der Waals surface area contributed by atoms with Gasteiger partial charge in [-0.25, -0.2) is 4.79 Å². The lowest BCUT2D eigenvalue weighted by atomic mass is 9.95. The van der Waals surface area contributed by atoms with Gasteiger partial charge < -0.3 is 0 Å². The minimum atomic E-state index is -2.53. The molecule has 0 amide bonds. The zero-order valence-corrected chi connectivity index (χ0v) is 19.5. The normalized spacial score (nSPS) is 11.3. The van der Waals surface area contributed by atoms with Crippen molar-refractivity contribution < 1.29 is 14.2 Å². The monoisotopic (exact) mass is 457 g/mol. The first kappa shape index (κ1) is 22.4. The Kier molecular flexibility index (Phi) is 6.57. The molecule has 3 nitrogen and oxygen atoms in total. The molecule has 0 aliphatic heterocycles. The van der Waals surface area contributed by atoms with Gasteiger partial charge in [0.15, 0.2) is 0 Å². The van der Waals surface area contributed by atoms with Gasteiger partial charge in [-0.05, 0) is 74.2 Å². The van der Waals surface area contributed by atoms with Crippen molar-refractivity contribution >= 4 is 47.6 Å². The first-order valence-electron chi connectivity index (χ1n) is 9.31. The zero-order valence-electron chi connectivity index (χ0n) is 17.0. The molecule has 3 aromatic carbocycles. The van der Waals surface area contributed by atoms with E-state index in [1.807, 2.05) is 33.8 Å². The highest BCUT2D eigenvalue weighted by molar-refractivity contribution is 7.71. The highest BCUT2D eigenvalue weighted by atomic mass is 35.5. The maximum atomic E-state index is 13.4. The molecule has 6 heteroatoms. The fourth-order valence-electron chi connectivity index (χ4n) is 3.52. The largest absolute Gasteiger partial charge is 0.459 e. The van der Waals surface area contributed by atoms with Crippen molar-refractivity contribution in [2.45, 2.75) is 27.7 Å². The number of carbonyl (C=O) groups is 2. The minimum absolute atomic E-state index is 0.127. The summed E-state index contributed by atoms with van der Waals surface area (Å²) in [5.74, 6) is -0.467. The standard InChI is InChI=1S/C24H20Cl2O3P/c1-13-12-14(2)21(16(4)15(13)3)24(28)30(29)20-11-6-5-8-17(20)23(27)22-18(25)9-7-10-19(22)26/h5-12H,1-4H3/q+1. The van der Waals surface area contributed by atoms with Gasteiger partial charge in [0, 0.05) is 0 Å². The van der Waals surface area contributed by atoms with Crippen LogP contribution in [0.5, 0.6) is 0 Å². The Balaban J connectivity index is 2.11. The van der Waals surface area contributed by atoms with Crippen molar-refractivity contribution in [3.63, 3.8) is 0 Å². The van der Waals surface area contributed by atoms with Gasteiger partial charge in [-0.15, -0.1) is 0 Å². The van der Waals surface area contributed by atoms with Gasteiger partial charge in [0.25, 0.3) is 0 Å². The summed E-state index contributed by atoms with van der Waals surface area (Å²) in [6, 6.07) is 13.1. The Bertz CT molecular complexity index is 1200. The maximum Gasteiger partial charge on any atom is 0.459 e. The van der Waals surface area contributed by atoms with Gasteiger partial charge in [-0.3, -0.25) is 4.79 Å². The van der Waals surface area contributed by atoms with Crippen molar-refractivity contribution in [1.82, 2.24) is 0 Å². The summed E-state index contributed by atoms with van der Waals surface area (Å²) >= 11 is 12.4. The van der Waals surface area contributed by atoms with Crippen LogP contribution >= 0.6 is 31.0 Å². The van der Waals surface area contributed by atoms with E-state index in [0.717, 1.165) is 22.3 Å². The second kappa shape index (κ2) is 8.81. The van der Waals surface area contributed by atoms with Crippen molar-refractivity contribution in [2.75, 3.05) is 0 Å². The first-order chi connectivity index (χ1) is 14.1. The van der Waals surface area contributed by atoms with Crippen molar-refractivity contribution in [3.05, 3.63) is 97.5 Å². The van der Waals surface area contributed by atoms with Crippen LogP contribution < -0.4 is 5.30 Å². The topological polar surface area (TPSA) is 51.2 Å². The third-order valence-electron chi connectivity index (χ3n) is 5.31. The Morgan fingerprint density at radius 2 is 1.37 bits per heavy atom. The third kappa shape index (κ3) is 3.98. The lowest BCUT2D eigenvalue weighted by Crippen LogP contribution is -2.17. The predicted molar refractivity (Wildman–Crippen MR) is 123 cm³/mol. The fourth-order valence-corrected chi connectivity index (χ4v) is 5.47. The Labute approximate surface area is 186 Å². The number of hydrogen-bond acceptors (Lipinski definition) is 3. The van der Waals surface area contributed by atoms with Crippen LogP contribution in [0.25, 0.3) is 0 Å². The Morgan fingerprint density at radius 1 is 0.767 bits per heavy atom. The van der Waals surface area contributed by atoms with Crippen molar-refractivity contribution in [1.29, 1.82) is 0 Å². The van der Waals surface area contributed by atoms with Crippen molar-refractivity contribution in [3.8, 4) is 0 Å².